The number of hydrogen-bond donors (Lipinski definition) is 3. The van der Waals surface area contributed by atoms with Gasteiger partial charge in [0.1, 0.15) is 0 Å². The minimum Gasteiger partial charge on any atom is -0.350 e. The Kier molecular flexibility index (Phi) is 6.22. The molecule has 1 aliphatic rings. The quantitative estimate of drug-likeness (QED) is 0.726. The van der Waals surface area contributed by atoms with Gasteiger partial charge in [-0.3, -0.25) is 9.59 Å². The minimum absolute atomic E-state index is 0.0430. The third-order valence-corrected chi connectivity index (χ3v) is 3.65. The molecular formula is C16H23N3O2. The summed E-state index contributed by atoms with van der Waals surface area (Å²) >= 11 is 0. The molecule has 1 saturated heterocycles. The fourth-order valence-electron chi connectivity index (χ4n) is 2.47. The predicted molar refractivity (Wildman–Crippen MR) is 81.5 cm³/mol. The molecule has 21 heavy (non-hydrogen) atoms. The van der Waals surface area contributed by atoms with Gasteiger partial charge < -0.3 is 16.0 Å². The van der Waals surface area contributed by atoms with Crippen LogP contribution in [0.1, 0.15) is 24.8 Å². The third-order valence-electron chi connectivity index (χ3n) is 3.65. The zero-order chi connectivity index (χ0) is 14.9. The van der Waals surface area contributed by atoms with E-state index in [9.17, 15) is 9.59 Å². The van der Waals surface area contributed by atoms with Gasteiger partial charge in [-0.15, -0.1) is 0 Å². The molecule has 0 bridgehead atoms. The highest BCUT2D eigenvalue weighted by molar-refractivity contribution is 5.84. The van der Waals surface area contributed by atoms with Gasteiger partial charge in [-0.1, -0.05) is 30.3 Å². The summed E-state index contributed by atoms with van der Waals surface area (Å²) in [4.78, 5) is 23.4. The first kappa shape index (κ1) is 15.5. The highest BCUT2D eigenvalue weighted by atomic mass is 16.2. The maximum atomic E-state index is 11.8. The van der Waals surface area contributed by atoms with Crippen molar-refractivity contribution in [1.82, 2.24) is 16.0 Å². The van der Waals surface area contributed by atoms with Crippen LogP contribution in [-0.2, 0) is 16.1 Å². The predicted octanol–water partition coefficient (Wildman–Crippen LogP) is 0.809. The van der Waals surface area contributed by atoms with Crippen LogP contribution in [0.4, 0.5) is 0 Å². The van der Waals surface area contributed by atoms with E-state index in [4.69, 9.17) is 0 Å². The van der Waals surface area contributed by atoms with Crippen LogP contribution in [0, 0.1) is 5.92 Å². The molecule has 1 aromatic carbocycles. The smallest absolute Gasteiger partial charge is 0.239 e. The number of nitrogens with one attached hydrogen (secondary N) is 3. The molecule has 0 saturated carbocycles. The number of piperidine rings is 1. The SMILES string of the molecule is O=C(CNC(=O)CC1CCCNC1)NCc1ccccc1. The van der Waals surface area contributed by atoms with E-state index < -0.39 is 0 Å². The summed E-state index contributed by atoms with van der Waals surface area (Å²) in [5.41, 5.74) is 1.05. The Morgan fingerprint density at radius 3 is 2.67 bits per heavy atom. The zero-order valence-electron chi connectivity index (χ0n) is 12.2. The normalized spacial score (nSPS) is 18.0. The molecule has 1 aromatic rings. The molecule has 5 heteroatoms. The Hall–Kier alpha value is -1.88. The second-order valence-corrected chi connectivity index (χ2v) is 5.46. The van der Waals surface area contributed by atoms with Crippen LogP contribution in [0.25, 0.3) is 0 Å². The van der Waals surface area contributed by atoms with E-state index in [1.54, 1.807) is 0 Å². The van der Waals surface area contributed by atoms with Gasteiger partial charge >= 0.3 is 0 Å². The van der Waals surface area contributed by atoms with Gasteiger partial charge in [0.15, 0.2) is 0 Å². The summed E-state index contributed by atoms with van der Waals surface area (Å²) in [6, 6.07) is 9.71. The van der Waals surface area contributed by atoms with Crippen LogP contribution in [0.3, 0.4) is 0 Å². The van der Waals surface area contributed by atoms with E-state index in [2.05, 4.69) is 16.0 Å². The van der Waals surface area contributed by atoms with Crippen LogP contribution in [0.2, 0.25) is 0 Å². The first-order chi connectivity index (χ1) is 10.2. The van der Waals surface area contributed by atoms with E-state index in [-0.39, 0.29) is 18.4 Å². The molecule has 0 aromatic heterocycles. The number of hydrogen-bond acceptors (Lipinski definition) is 3. The summed E-state index contributed by atoms with van der Waals surface area (Å²) < 4.78 is 0. The number of carbonyl (C=O) groups excluding carboxylic acids is 2. The molecule has 3 N–H and O–H groups in total. The fraction of sp³-hybridized carbons (Fsp3) is 0.500. The molecule has 5 nitrogen and oxygen atoms in total. The number of benzene rings is 1. The molecule has 0 aliphatic carbocycles. The Bertz CT molecular complexity index is 456. The van der Waals surface area contributed by atoms with Crippen LogP contribution >= 0.6 is 0 Å². The molecule has 2 rings (SSSR count). The van der Waals surface area contributed by atoms with Crippen molar-refractivity contribution in [2.75, 3.05) is 19.6 Å². The molecule has 1 atom stereocenters. The Balaban J connectivity index is 1.60. The van der Waals surface area contributed by atoms with Crippen LogP contribution in [0.5, 0.6) is 0 Å². The van der Waals surface area contributed by atoms with E-state index in [1.165, 1.54) is 0 Å². The van der Waals surface area contributed by atoms with E-state index in [1.807, 2.05) is 30.3 Å². The first-order valence-corrected chi connectivity index (χ1v) is 7.52. The monoisotopic (exact) mass is 289 g/mol. The Morgan fingerprint density at radius 1 is 1.14 bits per heavy atom. The van der Waals surface area contributed by atoms with Crippen molar-refractivity contribution in [1.29, 1.82) is 0 Å². The zero-order valence-corrected chi connectivity index (χ0v) is 12.2. The molecule has 1 fully saturated rings. The van der Waals surface area contributed by atoms with Crippen molar-refractivity contribution in [3.8, 4) is 0 Å². The van der Waals surface area contributed by atoms with Crippen molar-refractivity contribution in [2.24, 2.45) is 5.92 Å². The average Bonchev–Trinajstić information content (AvgIpc) is 2.53. The highest BCUT2D eigenvalue weighted by Gasteiger charge is 2.16. The standard InChI is InChI=1S/C16H23N3O2/c20-15(9-14-7-4-8-17-10-14)19-12-16(21)18-11-13-5-2-1-3-6-13/h1-3,5-6,14,17H,4,7-12H2,(H,18,21)(H,19,20). The van der Waals surface area contributed by atoms with E-state index in [0.29, 0.717) is 18.9 Å². The minimum atomic E-state index is -0.158. The van der Waals surface area contributed by atoms with Gasteiger partial charge in [-0.2, -0.15) is 0 Å². The Morgan fingerprint density at radius 2 is 1.95 bits per heavy atom. The van der Waals surface area contributed by atoms with E-state index >= 15 is 0 Å². The first-order valence-electron chi connectivity index (χ1n) is 7.52. The van der Waals surface area contributed by atoms with Gasteiger partial charge in [0.2, 0.25) is 11.8 Å². The molecule has 1 heterocycles. The van der Waals surface area contributed by atoms with Gasteiger partial charge in [-0.05, 0) is 37.4 Å². The molecule has 114 valence electrons. The van der Waals surface area contributed by atoms with Gasteiger partial charge in [0.05, 0.1) is 6.54 Å². The largest absolute Gasteiger partial charge is 0.350 e. The second kappa shape index (κ2) is 8.42. The van der Waals surface area contributed by atoms with Crippen molar-refractivity contribution in [2.45, 2.75) is 25.8 Å². The molecule has 2 amide bonds. The Labute approximate surface area is 125 Å². The summed E-state index contributed by atoms with van der Waals surface area (Å²) in [6.07, 6.45) is 2.70. The van der Waals surface area contributed by atoms with Crippen molar-refractivity contribution >= 4 is 11.8 Å². The van der Waals surface area contributed by atoms with Crippen LogP contribution in [0.15, 0.2) is 30.3 Å². The number of carbonyl (C=O) groups is 2. The number of rotatable bonds is 6. The fourth-order valence-corrected chi connectivity index (χ4v) is 2.47. The van der Waals surface area contributed by atoms with Gasteiger partial charge in [0.25, 0.3) is 0 Å². The summed E-state index contributed by atoms with van der Waals surface area (Å²) in [5.74, 6) is 0.193. The molecular weight excluding hydrogens is 266 g/mol. The van der Waals surface area contributed by atoms with Crippen molar-refractivity contribution in [3.63, 3.8) is 0 Å². The lowest BCUT2D eigenvalue weighted by Gasteiger charge is -2.21. The second-order valence-electron chi connectivity index (χ2n) is 5.46. The van der Waals surface area contributed by atoms with E-state index in [0.717, 1.165) is 31.5 Å². The van der Waals surface area contributed by atoms with Gasteiger partial charge in [0, 0.05) is 13.0 Å². The molecule has 1 unspecified atom stereocenters. The lowest BCUT2D eigenvalue weighted by atomic mass is 9.96. The lowest BCUT2D eigenvalue weighted by Crippen LogP contribution is -2.39. The summed E-state index contributed by atoms with van der Waals surface area (Å²) in [6.45, 7) is 2.47. The lowest BCUT2D eigenvalue weighted by molar-refractivity contribution is -0.126. The maximum absolute atomic E-state index is 11.8. The van der Waals surface area contributed by atoms with Gasteiger partial charge in [-0.25, -0.2) is 0 Å². The average molecular weight is 289 g/mol. The summed E-state index contributed by atoms with van der Waals surface area (Å²) in [7, 11) is 0. The van der Waals surface area contributed by atoms with Crippen molar-refractivity contribution in [3.05, 3.63) is 35.9 Å². The third kappa shape index (κ3) is 5.95. The maximum Gasteiger partial charge on any atom is 0.239 e. The van der Waals surface area contributed by atoms with Crippen LogP contribution in [-0.4, -0.2) is 31.4 Å². The number of amides is 2. The highest BCUT2D eigenvalue weighted by Crippen LogP contribution is 2.13. The van der Waals surface area contributed by atoms with Crippen LogP contribution < -0.4 is 16.0 Å². The molecule has 0 radical (unpaired) electrons. The summed E-state index contributed by atoms with van der Waals surface area (Å²) in [5, 5.41) is 8.76. The molecule has 1 aliphatic heterocycles. The topological polar surface area (TPSA) is 70.2 Å². The molecule has 0 spiro atoms. The van der Waals surface area contributed by atoms with Crippen molar-refractivity contribution < 1.29 is 9.59 Å².